The van der Waals surface area contributed by atoms with Crippen LogP contribution in [-0.4, -0.2) is 71.9 Å². The van der Waals surface area contributed by atoms with Gasteiger partial charge < -0.3 is 25.0 Å². The molecule has 2 saturated heterocycles. The number of aliphatic hydroxyl groups excluding tert-OH is 1. The maximum absolute atomic E-state index is 14.1. The third kappa shape index (κ3) is 5.64. The van der Waals surface area contributed by atoms with Gasteiger partial charge >= 0.3 is 0 Å². The fraction of sp³-hybridized carbons (Fsp3) is 0.462. The van der Waals surface area contributed by atoms with E-state index in [4.69, 9.17) is 4.74 Å². The maximum atomic E-state index is 14.1. The number of rotatable bonds is 8. The molecule has 2 fully saturated rings. The lowest BCUT2D eigenvalue weighted by Crippen LogP contribution is -2.50. The van der Waals surface area contributed by atoms with Crippen LogP contribution in [-0.2, 0) is 4.79 Å². The van der Waals surface area contributed by atoms with Crippen molar-refractivity contribution in [2.24, 2.45) is 0 Å². The Kier molecular flexibility index (Phi) is 7.29. The molecule has 7 nitrogen and oxygen atoms in total. The molecule has 2 aliphatic rings. The number of fused-ring (bicyclic) bond motifs is 1. The normalized spacial score (nSPS) is 20.6. The first-order valence-corrected chi connectivity index (χ1v) is 13.0. The number of aryl methyl sites for hydroxylation is 1. The van der Waals surface area contributed by atoms with Crippen LogP contribution in [0.2, 0.25) is 0 Å². The van der Waals surface area contributed by atoms with Crippen molar-refractivity contribution in [2.45, 2.75) is 44.4 Å². The molecule has 0 saturated carbocycles. The van der Waals surface area contributed by atoms with E-state index in [0.29, 0.717) is 25.2 Å². The van der Waals surface area contributed by atoms with E-state index >= 15 is 0 Å². The number of nitrogens with one attached hydrogen (secondary N) is 1. The Morgan fingerprint density at radius 2 is 2.00 bits per heavy atom. The maximum Gasteiger partial charge on any atom is 0.244 e. The Labute approximate surface area is 208 Å². The average Bonchev–Trinajstić information content (AvgIpc) is 3.40. The van der Waals surface area contributed by atoms with Crippen LogP contribution in [0.3, 0.4) is 0 Å². The van der Waals surface area contributed by atoms with E-state index < -0.39 is 6.10 Å². The number of benzene rings is 2. The molecule has 5 rings (SSSR count). The fourth-order valence-corrected chi connectivity index (χ4v) is 5.77. The summed E-state index contributed by atoms with van der Waals surface area (Å²) in [6.07, 6.45) is 1.89. The lowest BCUT2D eigenvalue weighted by molar-refractivity contribution is -0.119. The van der Waals surface area contributed by atoms with Gasteiger partial charge in [-0.1, -0.05) is 12.1 Å². The van der Waals surface area contributed by atoms with Crippen molar-refractivity contribution in [1.29, 1.82) is 0 Å². The summed E-state index contributed by atoms with van der Waals surface area (Å²) in [5.41, 5.74) is 1.28. The van der Waals surface area contributed by atoms with E-state index in [1.54, 1.807) is 34.4 Å². The number of anilines is 1. The van der Waals surface area contributed by atoms with Gasteiger partial charge in [0.15, 0.2) is 0 Å². The minimum absolute atomic E-state index is 0.0592. The second-order valence-corrected chi connectivity index (χ2v) is 10.6. The number of carbonyl (C=O) groups excluding carboxylic acids is 1. The van der Waals surface area contributed by atoms with Crippen molar-refractivity contribution in [3.05, 3.63) is 53.3 Å². The molecule has 0 bridgehead atoms. The number of likely N-dealkylation sites (tertiary alicyclic amines) is 1. The zero-order valence-corrected chi connectivity index (χ0v) is 20.6. The number of β-amino-alcohol motifs (C(OH)–C–C–N with tert-alkyl or cyclic N) is 1. The van der Waals surface area contributed by atoms with E-state index in [0.717, 1.165) is 46.9 Å². The van der Waals surface area contributed by atoms with Gasteiger partial charge in [0.05, 0.1) is 27.0 Å². The Balaban J connectivity index is 1.05. The first-order chi connectivity index (χ1) is 17.0. The van der Waals surface area contributed by atoms with Gasteiger partial charge in [-0.3, -0.25) is 4.79 Å². The molecular weight excluding hydrogens is 467 g/mol. The summed E-state index contributed by atoms with van der Waals surface area (Å²) < 4.78 is 21.1. The minimum Gasteiger partial charge on any atom is -0.491 e. The van der Waals surface area contributed by atoms with Crippen LogP contribution in [0.4, 0.5) is 10.1 Å². The van der Waals surface area contributed by atoms with Gasteiger partial charge in [-0.15, -0.1) is 11.3 Å². The number of para-hydroxylation sites is 1. The van der Waals surface area contributed by atoms with Gasteiger partial charge in [0.25, 0.3) is 0 Å². The number of halogens is 1. The molecule has 2 aromatic carbocycles. The third-order valence-corrected chi connectivity index (χ3v) is 7.70. The van der Waals surface area contributed by atoms with Gasteiger partial charge in [0.1, 0.15) is 24.3 Å². The molecular formula is C26H31FN4O3S. The van der Waals surface area contributed by atoms with Crippen LogP contribution >= 0.6 is 11.3 Å². The second kappa shape index (κ2) is 10.6. The van der Waals surface area contributed by atoms with Gasteiger partial charge in [0.2, 0.25) is 5.91 Å². The van der Waals surface area contributed by atoms with Gasteiger partial charge in [-0.2, -0.15) is 0 Å². The number of nitrogens with zero attached hydrogens (tertiary/aromatic N) is 3. The van der Waals surface area contributed by atoms with Gasteiger partial charge in [0, 0.05) is 25.2 Å². The zero-order chi connectivity index (χ0) is 24.4. The average molecular weight is 499 g/mol. The number of aliphatic hydroxyl groups is 1. The van der Waals surface area contributed by atoms with Crippen molar-refractivity contribution in [3.8, 4) is 5.75 Å². The van der Waals surface area contributed by atoms with E-state index in [1.807, 2.05) is 25.1 Å². The molecule has 0 aliphatic carbocycles. The van der Waals surface area contributed by atoms with E-state index in [-0.39, 0.29) is 30.4 Å². The molecule has 3 heterocycles. The highest BCUT2D eigenvalue weighted by Gasteiger charge is 2.35. The number of thiazole rings is 1. The second-order valence-electron chi connectivity index (χ2n) is 9.35. The Morgan fingerprint density at radius 1 is 1.20 bits per heavy atom. The van der Waals surface area contributed by atoms with Crippen molar-refractivity contribution in [3.63, 3.8) is 0 Å². The summed E-state index contributed by atoms with van der Waals surface area (Å²) in [6.45, 7) is 4.98. The molecule has 35 heavy (non-hydrogen) atoms. The van der Waals surface area contributed by atoms with Crippen LogP contribution in [0.15, 0.2) is 42.5 Å². The number of piperidine rings is 1. The number of hydrogen-bond donors (Lipinski definition) is 2. The van der Waals surface area contributed by atoms with Crippen LogP contribution in [0, 0.1) is 12.7 Å². The van der Waals surface area contributed by atoms with E-state index in [9.17, 15) is 14.3 Å². The number of hydrogen-bond acceptors (Lipinski definition) is 7. The lowest BCUT2D eigenvalue weighted by atomic mass is 10.0. The predicted octanol–water partition coefficient (Wildman–Crippen LogP) is 3.34. The summed E-state index contributed by atoms with van der Waals surface area (Å²) in [5, 5.41) is 15.0. The minimum atomic E-state index is -0.585. The van der Waals surface area contributed by atoms with Crippen LogP contribution < -0.4 is 15.0 Å². The van der Waals surface area contributed by atoms with Crippen molar-refractivity contribution < 1.29 is 19.0 Å². The highest BCUT2D eigenvalue weighted by Crippen LogP contribution is 2.27. The molecule has 9 heteroatoms. The molecule has 3 aromatic rings. The van der Waals surface area contributed by atoms with E-state index in [2.05, 4.69) is 15.2 Å². The Morgan fingerprint density at radius 3 is 2.80 bits per heavy atom. The molecule has 0 spiro atoms. The van der Waals surface area contributed by atoms with Crippen molar-refractivity contribution >= 4 is 33.1 Å². The SMILES string of the molecule is Cc1nc2cc(OC[C@H](O)CN3CCC(NC4CCN(c5ccccc5F)C4=O)CC3)ccc2s1. The first kappa shape index (κ1) is 24.1. The van der Waals surface area contributed by atoms with Crippen molar-refractivity contribution in [2.75, 3.05) is 37.7 Å². The lowest BCUT2D eigenvalue weighted by Gasteiger charge is -2.34. The summed E-state index contributed by atoms with van der Waals surface area (Å²) in [5.74, 6) is 0.294. The van der Waals surface area contributed by atoms with E-state index in [1.165, 1.54) is 6.07 Å². The molecule has 2 aliphatic heterocycles. The third-order valence-electron chi connectivity index (χ3n) is 6.75. The molecule has 2 N–H and O–H groups in total. The molecule has 1 unspecified atom stereocenters. The summed E-state index contributed by atoms with van der Waals surface area (Å²) in [4.78, 5) is 21.1. The summed E-state index contributed by atoms with van der Waals surface area (Å²) >= 11 is 1.65. The van der Waals surface area contributed by atoms with Crippen LogP contribution in [0.25, 0.3) is 10.2 Å². The van der Waals surface area contributed by atoms with Gasteiger partial charge in [-0.05, 0) is 63.5 Å². The quantitative estimate of drug-likeness (QED) is 0.496. The highest BCUT2D eigenvalue weighted by atomic mass is 32.1. The number of ether oxygens (including phenoxy) is 1. The fourth-order valence-electron chi connectivity index (χ4n) is 4.97. The predicted molar refractivity (Wildman–Crippen MR) is 136 cm³/mol. The largest absolute Gasteiger partial charge is 0.491 e. The highest BCUT2D eigenvalue weighted by molar-refractivity contribution is 7.18. The van der Waals surface area contributed by atoms with Gasteiger partial charge in [-0.25, -0.2) is 9.37 Å². The number of carbonyl (C=O) groups is 1. The standard InChI is InChI=1S/C26H31FN4O3S/c1-17-28-23-14-20(6-7-25(23)35-17)34-16-19(32)15-30-11-8-18(9-12-30)29-22-10-13-31(26(22)33)24-5-3-2-4-21(24)27/h2-7,14,18-19,22,29,32H,8-13,15-16H2,1H3/t19-,22?/m1/s1. The molecule has 2 atom stereocenters. The molecule has 1 amide bonds. The molecule has 0 radical (unpaired) electrons. The van der Waals surface area contributed by atoms with Crippen molar-refractivity contribution in [1.82, 2.24) is 15.2 Å². The summed E-state index contributed by atoms with van der Waals surface area (Å²) in [6, 6.07) is 12.2. The molecule has 1 aromatic heterocycles. The topological polar surface area (TPSA) is 77.9 Å². The molecule has 186 valence electrons. The summed E-state index contributed by atoms with van der Waals surface area (Å²) in [7, 11) is 0. The number of amides is 1. The van der Waals surface area contributed by atoms with Crippen LogP contribution in [0.5, 0.6) is 5.75 Å². The zero-order valence-electron chi connectivity index (χ0n) is 19.8. The number of aromatic nitrogens is 1. The monoisotopic (exact) mass is 498 g/mol. The first-order valence-electron chi connectivity index (χ1n) is 12.2. The Bertz CT molecular complexity index is 1180. The Hall–Kier alpha value is -2.59. The smallest absolute Gasteiger partial charge is 0.244 e. The van der Waals surface area contributed by atoms with Crippen LogP contribution in [0.1, 0.15) is 24.3 Å².